The van der Waals surface area contributed by atoms with Gasteiger partial charge in [0.1, 0.15) is 15.7 Å². The number of nitrogens with zero attached hydrogens (tertiary/aromatic N) is 2. The van der Waals surface area contributed by atoms with Gasteiger partial charge in [0, 0.05) is 15.5 Å². The Balaban J connectivity index is 1.54. The van der Waals surface area contributed by atoms with Gasteiger partial charge in [-0.05, 0) is 42.5 Å². The third-order valence-corrected chi connectivity index (χ3v) is 7.54. The summed E-state index contributed by atoms with van der Waals surface area (Å²) in [4.78, 5) is 30.2. The van der Waals surface area contributed by atoms with Crippen LogP contribution in [-0.2, 0) is 16.6 Å². The van der Waals surface area contributed by atoms with E-state index in [1.54, 1.807) is 6.07 Å². The lowest BCUT2D eigenvalue weighted by Crippen LogP contribution is -2.28. The van der Waals surface area contributed by atoms with Crippen LogP contribution in [0.1, 0.15) is 25.7 Å². The largest absolute Gasteiger partial charge is 0.280 e. The zero-order valence-electron chi connectivity index (χ0n) is 14.4. The molecule has 0 saturated heterocycles. The number of carbonyl (C=O) groups is 2. The molecule has 3 heterocycles. The van der Waals surface area contributed by atoms with Crippen molar-refractivity contribution in [3.05, 3.63) is 75.1 Å². The normalized spacial score (nSPS) is 13.7. The summed E-state index contributed by atoms with van der Waals surface area (Å²) < 4.78 is 41.7. The van der Waals surface area contributed by atoms with Crippen molar-refractivity contribution in [2.24, 2.45) is 0 Å². The minimum absolute atomic E-state index is 0.0652. The van der Waals surface area contributed by atoms with Gasteiger partial charge in [0.2, 0.25) is 0 Å². The van der Waals surface area contributed by atoms with Crippen molar-refractivity contribution in [2.75, 3.05) is 4.72 Å². The Morgan fingerprint density at radius 2 is 1.93 bits per heavy atom. The number of amides is 2. The summed E-state index contributed by atoms with van der Waals surface area (Å²) >= 11 is 4.00. The maximum Gasteiger partial charge on any atom is 0.280 e. The van der Waals surface area contributed by atoms with Gasteiger partial charge in [0.25, 0.3) is 21.8 Å². The van der Waals surface area contributed by atoms with E-state index < -0.39 is 27.7 Å². The summed E-state index contributed by atoms with van der Waals surface area (Å²) in [6.45, 7) is -0.0825. The first-order chi connectivity index (χ1) is 13.8. The Labute approximate surface area is 177 Å². The van der Waals surface area contributed by atoms with Gasteiger partial charge in [-0.25, -0.2) is 12.8 Å². The summed E-state index contributed by atoms with van der Waals surface area (Å²) in [5.74, 6) is -1.73. The van der Waals surface area contributed by atoms with Gasteiger partial charge < -0.3 is 0 Å². The van der Waals surface area contributed by atoms with E-state index in [0.29, 0.717) is 9.35 Å². The number of anilines is 1. The fourth-order valence-corrected chi connectivity index (χ4v) is 5.51. The highest BCUT2D eigenvalue weighted by Crippen LogP contribution is 2.29. The van der Waals surface area contributed by atoms with Crippen LogP contribution < -0.4 is 4.72 Å². The fraction of sp³-hybridized carbons (Fsp3) is 0.0556. The fourth-order valence-electron chi connectivity index (χ4n) is 2.77. The van der Waals surface area contributed by atoms with Gasteiger partial charge in [-0.15, -0.1) is 11.3 Å². The Hall–Kier alpha value is -2.63. The molecule has 1 aromatic carbocycles. The van der Waals surface area contributed by atoms with Crippen LogP contribution in [0.5, 0.6) is 0 Å². The smallest absolute Gasteiger partial charge is 0.276 e. The van der Waals surface area contributed by atoms with E-state index in [9.17, 15) is 22.4 Å². The third-order valence-electron chi connectivity index (χ3n) is 4.12. The maximum atomic E-state index is 13.9. The highest BCUT2D eigenvalue weighted by molar-refractivity contribution is 9.10. The van der Waals surface area contributed by atoms with Crippen LogP contribution in [0.2, 0.25) is 0 Å². The molecule has 0 aliphatic carbocycles. The molecule has 0 radical (unpaired) electrons. The molecule has 2 amide bonds. The SMILES string of the molecule is O=C1c2cccnc2C(=O)N1Cc1ccc(S(=O)(=O)Nc2ccc(Br)cc2F)s1. The molecule has 7 nitrogen and oxygen atoms in total. The molecule has 0 fully saturated rings. The van der Waals surface area contributed by atoms with Crippen molar-refractivity contribution >= 4 is 54.8 Å². The van der Waals surface area contributed by atoms with Crippen LogP contribution in [-0.4, -0.2) is 30.1 Å². The number of hydrogen-bond acceptors (Lipinski definition) is 6. The molecule has 1 aliphatic rings. The zero-order chi connectivity index (χ0) is 20.8. The summed E-state index contributed by atoms with van der Waals surface area (Å²) in [6, 6.07) is 9.89. The topological polar surface area (TPSA) is 96.4 Å². The predicted octanol–water partition coefficient (Wildman–Crippen LogP) is 3.64. The van der Waals surface area contributed by atoms with Crippen LogP contribution in [0, 0.1) is 5.82 Å². The Bertz CT molecular complexity index is 1220. The van der Waals surface area contributed by atoms with E-state index >= 15 is 0 Å². The zero-order valence-corrected chi connectivity index (χ0v) is 17.6. The molecule has 3 aromatic rings. The van der Waals surface area contributed by atoms with Crippen LogP contribution in [0.25, 0.3) is 0 Å². The molecular weight excluding hydrogens is 485 g/mol. The molecule has 2 aromatic heterocycles. The lowest BCUT2D eigenvalue weighted by molar-refractivity contribution is 0.0642. The van der Waals surface area contributed by atoms with Crippen molar-refractivity contribution in [3.8, 4) is 0 Å². The monoisotopic (exact) mass is 495 g/mol. The maximum absolute atomic E-state index is 13.9. The quantitative estimate of drug-likeness (QED) is 0.545. The highest BCUT2D eigenvalue weighted by atomic mass is 79.9. The number of benzene rings is 1. The number of nitrogens with one attached hydrogen (secondary N) is 1. The number of rotatable bonds is 5. The van der Waals surface area contributed by atoms with E-state index in [2.05, 4.69) is 25.6 Å². The van der Waals surface area contributed by atoms with Crippen LogP contribution in [0.15, 0.2) is 57.3 Å². The van der Waals surface area contributed by atoms with Crippen molar-refractivity contribution < 1.29 is 22.4 Å². The Morgan fingerprint density at radius 1 is 1.14 bits per heavy atom. The van der Waals surface area contributed by atoms with Gasteiger partial charge in [-0.1, -0.05) is 15.9 Å². The van der Waals surface area contributed by atoms with Crippen molar-refractivity contribution in [1.29, 1.82) is 0 Å². The van der Waals surface area contributed by atoms with Crippen LogP contribution in [0.3, 0.4) is 0 Å². The number of pyridine rings is 1. The molecule has 1 N–H and O–H groups in total. The Kier molecular flexibility index (Phi) is 4.97. The number of halogens is 2. The van der Waals surface area contributed by atoms with Gasteiger partial charge in [0.15, 0.2) is 0 Å². The molecule has 11 heteroatoms. The molecule has 29 heavy (non-hydrogen) atoms. The van der Waals surface area contributed by atoms with E-state index in [0.717, 1.165) is 22.3 Å². The summed E-state index contributed by atoms with van der Waals surface area (Å²) in [6.07, 6.45) is 1.43. The Morgan fingerprint density at radius 3 is 2.66 bits per heavy atom. The minimum Gasteiger partial charge on any atom is -0.276 e. The van der Waals surface area contributed by atoms with Crippen molar-refractivity contribution in [1.82, 2.24) is 9.88 Å². The van der Waals surface area contributed by atoms with E-state index in [4.69, 9.17) is 0 Å². The third kappa shape index (κ3) is 3.68. The lowest BCUT2D eigenvalue weighted by Gasteiger charge is -2.11. The first kappa shape index (κ1) is 19.7. The van der Waals surface area contributed by atoms with E-state index in [-0.39, 0.29) is 27.7 Å². The van der Waals surface area contributed by atoms with Crippen molar-refractivity contribution in [2.45, 2.75) is 10.8 Å². The number of sulfonamides is 1. The van der Waals surface area contributed by atoms with E-state index in [1.165, 1.54) is 36.5 Å². The van der Waals surface area contributed by atoms with E-state index in [1.807, 2.05) is 0 Å². The number of imide groups is 1. The first-order valence-corrected chi connectivity index (χ1v) is 11.2. The molecule has 0 spiro atoms. The first-order valence-electron chi connectivity index (χ1n) is 8.14. The number of thiophene rings is 1. The highest BCUT2D eigenvalue weighted by Gasteiger charge is 2.36. The predicted molar refractivity (Wildman–Crippen MR) is 108 cm³/mol. The minimum atomic E-state index is -4.03. The molecule has 148 valence electrons. The number of aromatic nitrogens is 1. The number of fused-ring (bicyclic) bond motifs is 1. The number of carbonyl (C=O) groups excluding carboxylic acids is 2. The average molecular weight is 496 g/mol. The molecule has 1 aliphatic heterocycles. The standard InChI is InChI=1S/C18H11BrFN3O4S2/c19-10-3-5-14(13(20)8-10)22-29(26,27)15-6-4-11(28-15)9-23-17(24)12-2-1-7-21-16(12)18(23)25/h1-8,22H,9H2. The molecular formula is C18H11BrFN3O4S2. The van der Waals surface area contributed by atoms with Gasteiger partial charge in [0.05, 0.1) is 17.8 Å². The average Bonchev–Trinajstić information content (AvgIpc) is 3.25. The molecule has 0 unspecified atom stereocenters. The van der Waals surface area contributed by atoms with Gasteiger partial charge >= 0.3 is 0 Å². The molecule has 0 bridgehead atoms. The van der Waals surface area contributed by atoms with Crippen LogP contribution in [0.4, 0.5) is 10.1 Å². The molecule has 4 rings (SSSR count). The van der Waals surface area contributed by atoms with Crippen molar-refractivity contribution in [3.63, 3.8) is 0 Å². The second-order valence-corrected chi connectivity index (χ2v) is 10.0. The summed E-state index contributed by atoms with van der Waals surface area (Å²) in [5.41, 5.74) is 0.109. The van der Waals surface area contributed by atoms with Gasteiger partial charge in [-0.3, -0.25) is 24.2 Å². The lowest BCUT2D eigenvalue weighted by atomic mass is 10.2. The second kappa shape index (κ2) is 7.32. The molecule has 0 atom stereocenters. The van der Waals surface area contributed by atoms with Crippen LogP contribution >= 0.6 is 27.3 Å². The second-order valence-electron chi connectivity index (χ2n) is 6.05. The summed E-state index contributed by atoms with van der Waals surface area (Å²) in [5, 5.41) is 0. The number of hydrogen-bond donors (Lipinski definition) is 1. The van der Waals surface area contributed by atoms with Gasteiger partial charge in [-0.2, -0.15) is 0 Å². The molecule has 0 saturated carbocycles. The summed E-state index contributed by atoms with van der Waals surface area (Å²) in [7, 11) is -4.03.